The van der Waals surface area contributed by atoms with E-state index in [4.69, 9.17) is 0 Å². The Morgan fingerprint density at radius 1 is 0.783 bits per heavy atom. The third-order valence-electron chi connectivity index (χ3n) is 4.54. The van der Waals surface area contributed by atoms with Crippen LogP contribution in [-0.2, 0) is 11.0 Å². The van der Waals surface area contributed by atoms with Gasteiger partial charge in [-0.1, -0.05) is 70.2 Å². The Hall–Kier alpha value is -1.76. The minimum absolute atomic E-state index is 0.0952. The normalized spacial score (nSPS) is 12.5. The SMILES string of the molecule is CC(C)CC(C)(C)c1ccc(C(C)(C)Nc2ccccc2)cc1. The molecule has 0 radical (unpaired) electrons. The molecule has 0 amide bonds. The van der Waals surface area contributed by atoms with Crippen LogP contribution in [0.3, 0.4) is 0 Å². The van der Waals surface area contributed by atoms with Crippen LogP contribution >= 0.6 is 0 Å². The van der Waals surface area contributed by atoms with Crippen molar-refractivity contribution in [2.75, 3.05) is 5.32 Å². The van der Waals surface area contributed by atoms with E-state index in [1.54, 1.807) is 0 Å². The van der Waals surface area contributed by atoms with Gasteiger partial charge in [-0.3, -0.25) is 0 Å². The first-order valence-corrected chi connectivity index (χ1v) is 8.65. The summed E-state index contributed by atoms with van der Waals surface area (Å²) in [6, 6.07) is 19.5. The van der Waals surface area contributed by atoms with Crippen LogP contribution in [0.5, 0.6) is 0 Å². The number of benzene rings is 2. The van der Waals surface area contributed by atoms with Gasteiger partial charge in [0, 0.05) is 5.69 Å². The van der Waals surface area contributed by atoms with Crippen molar-refractivity contribution in [3.8, 4) is 0 Å². The van der Waals surface area contributed by atoms with Crippen molar-refractivity contribution >= 4 is 5.69 Å². The van der Waals surface area contributed by atoms with Crippen molar-refractivity contribution in [3.63, 3.8) is 0 Å². The summed E-state index contributed by atoms with van der Waals surface area (Å²) >= 11 is 0. The standard InChI is InChI=1S/C22H31N/c1-17(2)16-21(3,4)18-12-14-19(15-13-18)22(5,6)23-20-10-8-7-9-11-20/h7-15,17,23H,16H2,1-6H3. The highest BCUT2D eigenvalue weighted by atomic mass is 15.0. The molecular weight excluding hydrogens is 278 g/mol. The summed E-state index contributed by atoms with van der Waals surface area (Å²) in [6.07, 6.45) is 1.21. The van der Waals surface area contributed by atoms with Crippen molar-refractivity contribution in [3.05, 3.63) is 65.7 Å². The van der Waals surface area contributed by atoms with Gasteiger partial charge in [0.05, 0.1) is 5.54 Å². The van der Waals surface area contributed by atoms with E-state index in [-0.39, 0.29) is 11.0 Å². The lowest BCUT2D eigenvalue weighted by atomic mass is 9.77. The van der Waals surface area contributed by atoms with Gasteiger partial charge in [-0.15, -0.1) is 0 Å². The maximum atomic E-state index is 3.62. The van der Waals surface area contributed by atoms with Crippen LogP contribution in [0.15, 0.2) is 54.6 Å². The van der Waals surface area contributed by atoms with Crippen LogP contribution in [0.2, 0.25) is 0 Å². The Bertz CT molecular complexity index is 606. The van der Waals surface area contributed by atoms with Gasteiger partial charge in [0.15, 0.2) is 0 Å². The first kappa shape index (κ1) is 17.6. The Morgan fingerprint density at radius 2 is 1.30 bits per heavy atom. The minimum Gasteiger partial charge on any atom is -0.376 e. The molecule has 1 nitrogen and oxygen atoms in total. The van der Waals surface area contributed by atoms with Crippen LogP contribution < -0.4 is 5.32 Å². The number of rotatable bonds is 6. The largest absolute Gasteiger partial charge is 0.376 e. The summed E-state index contributed by atoms with van der Waals surface area (Å²) in [7, 11) is 0. The van der Waals surface area contributed by atoms with Crippen LogP contribution in [0.25, 0.3) is 0 Å². The van der Waals surface area contributed by atoms with E-state index in [1.807, 2.05) is 6.07 Å². The van der Waals surface area contributed by atoms with Crippen molar-refractivity contribution in [2.24, 2.45) is 5.92 Å². The first-order chi connectivity index (χ1) is 10.7. The van der Waals surface area contributed by atoms with Crippen LogP contribution in [-0.4, -0.2) is 0 Å². The molecule has 0 saturated heterocycles. The number of hydrogen-bond donors (Lipinski definition) is 1. The molecule has 0 aliphatic carbocycles. The Labute approximate surface area is 142 Å². The summed E-state index contributed by atoms with van der Waals surface area (Å²) in [5.74, 6) is 0.709. The molecule has 0 bridgehead atoms. The highest BCUT2D eigenvalue weighted by Crippen LogP contribution is 2.32. The van der Waals surface area contributed by atoms with E-state index in [9.17, 15) is 0 Å². The maximum Gasteiger partial charge on any atom is 0.0569 e. The smallest absolute Gasteiger partial charge is 0.0569 e. The van der Waals surface area contributed by atoms with Gasteiger partial charge in [-0.2, -0.15) is 0 Å². The predicted octanol–water partition coefficient (Wildman–Crippen LogP) is 6.36. The lowest BCUT2D eigenvalue weighted by Gasteiger charge is -2.31. The summed E-state index contributed by atoms with van der Waals surface area (Å²) in [4.78, 5) is 0. The monoisotopic (exact) mass is 309 g/mol. The third-order valence-corrected chi connectivity index (χ3v) is 4.54. The second-order valence-electron chi connectivity index (χ2n) is 8.18. The molecule has 0 saturated carbocycles. The van der Waals surface area contributed by atoms with Gasteiger partial charge >= 0.3 is 0 Å². The molecule has 0 heterocycles. The fourth-order valence-corrected chi connectivity index (χ4v) is 3.43. The molecule has 2 aromatic rings. The molecule has 23 heavy (non-hydrogen) atoms. The minimum atomic E-state index is -0.0952. The number of para-hydroxylation sites is 1. The van der Waals surface area contributed by atoms with E-state index in [0.717, 1.165) is 5.69 Å². The highest BCUT2D eigenvalue weighted by molar-refractivity contribution is 5.47. The number of hydrogen-bond acceptors (Lipinski definition) is 1. The molecule has 2 aromatic carbocycles. The Kier molecular flexibility index (Phi) is 5.19. The zero-order valence-corrected chi connectivity index (χ0v) is 15.5. The van der Waals surface area contributed by atoms with Crippen molar-refractivity contribution < 1.29 is 0 Å². The summed E-state index contributed by atoms with van der Waals surface area (Å²) < 4.78 is 0. The van der Waals surface area contributed by atoms with Gasteiger partial charge in [0.2, 0.25) is 0 Å². The molecule has 1 heteroatoms. The predicted molar refractivity (Wildman–Crippen MR) is 102 cm³/mol. The van der Waals surface area contributed by atoms with E-state index >= 15 is 0 Å². The van der Waals surface area contributed by atoms with E-state index in [2.05, 4.69) is 95.4 Å². The van der Waals surface area contributed by atoms with Crippen molar-refractivity contribution in [1.29, 1.82) is 0 Å². The van der Waals surface area contributed by atoms with Crippen LogP contribution in [0.1, 0.15) is 59.1 Å². The third kappa shape index (κ3) is 4.60. The van der Waals surface area contributed by atoms with E-state index in [1.165, 1.54) is 17.5 Å². The molecule has 0 aliphatic rings. The first-order valence-electron chi connectivity index (χ1n) is 8.65. The molecule has 0 fully saturated rings. The number of anilines is 1. The fourth-order valence-electron chi connectivity index (χ4n) is 3.43. The highest BCUT2D eigenvalue weighted by Gasteiger charge is 2.24. The van der Waals surface area contributed by atoms with E-state index < -0.39 is 0 Å². The zero-order valence-electron chi connectivity index (χ0n) is 15.5. The molecule has 0 atom stereocenters. The topological polar surface area (TPSA) is 12.0 Å². The summed E-state index contributed by atoms with van der Waals surface area (Å²) in [6.45, 7) is 13.7. The Balaban J connectivity index is 2.18. The lowest BCUT2D eigenvalue weighted by Crippen LogP contribution is -2.28. The molecule has 1 N–H and O–H groups in total. The van der Waals surface area contributed by atoms with Gasteiger partial charge in [-0.05, 0) is 54.9 Å². The van der Waals surface area contributed by atoms with E-state index in [0.29, 0.717) is 5.92 Å². The van der Waals surface area contributed by atoms with Crippen LogP contribution in [0, 0.1) is 5.92 Å². The van der Waals surface area contributed by atoms with Gasteiger partial charge < -0.3 is 5.32 Å². The van der Waals surface area contributed by atoms with Crippen LogP contribution in [0.4, 0.5) is 5.69 Å². The summed E-state index contributed by atoms with van der Waals surface area (Å²) in [5.41, 5.74) is 4.02. The molecule has 2 rings (SSSR count). The molecular formula is C22H31N. The fraction of sp³-hybridized carbons (Fsp3) is 0.455. The zero-order chi connectivity index (χ0) is 17.1. The lowest BCUT2D eigenvalue weighted by molar-refractivity contribution is 0.399. The maximum absolute atomic E-state index is 3.62. The number of nitrogens with one attached hydrogen (secondary N) is 1. The average molecular weight is 309 g/mol. The molecule has 0 spiro atoms. The molecule has 0 aromatic heterocycles. The van der Waals surface area contributed by atoms with Crippen molar-refractivity contribution in [1.82, 2.24) is 0 Å². The second kappa shape index (κ2) is 6.78. The molecule has 0 unspecified atom stereocenters. The quantitative estimate of drug-likeness (QED) is 0.655. The van der Waals surface area contributed by atoms with Gasteiger partial charge in [0.25, 0.3) is 0 Å². The summed E-state index contributed by atoms with van der Waals surface area (Å²) in [5, 5.41) is 3.62. The molecule has 0 aliphatic heterocycles. The van der Waals surface area contributed by atoms with Gasteiger partial charge in [0.1, 0.15) is 0 Å². The second-order valence-corrected chi connectivity index (χ2v) is 8.18. The van der Waals surface area contributed by atoms with Crippen molar-refractivity contribution in [2.45, 2.75) is 58.9 Å². The van der Waals surface area contributed by atoms with Gasteiger partial charge in [-0.25, -0.2) is 0 Å². The average Bonchev–Trinajstić information content (AvgIpc) is 2.47. The molecule has 124 valence electrons. The Morgan fingerprint density at radius 3 is 1.83 bits per heavy atom.